The van der Waals surface area contributed by atoms with Crippen molar-refractivity contribution in [3.8, 4) is 5.75 Å². The molecule has 0 aliphatic carbocycles. The van der Waals surface area contributed by atoms with E-state index in [1.165, 1.54) is 0 Å². The summed E-state index contributed by atoms with van der Waals surface area (Å²) in [4.78, 5) is 15.3. The molecule has 2 heterocycles. The van der Waals surface area contributed by atoms with E-state index >= 15 is 0 Å². The van der Waals surface area contributed by atoms with Gasteiger partial charge in [-0.05, 0) is 41.8 Å². The van der Waals surface area contributed by atoms with Gasteiger partial charge in [0.15, 0.2) is 0 Å². The molecule has 0 radical (unpaired) electrons. The summed E-state index contributed by atoms with van der Waals surface area (Å²) in [6.07, 6.45) is 4.92. The smallest absolute Gasteiger partial charge is 0.255 e. The van der Waals surface area contributed by atoms with Crippen LogP contribution in [0.1, 0.15) is 40.0 Å². The maximum atomic E-state index is 13.3. The molecule has 2 aliphatic heterocycles. The molecule has 1 amide bonds. The van der Waals surface area contributed by atoms with Gasteiger partial charge in [0.25, 0.3) is 5.91 Å². The van der Waals surface area contributed by atoms with Crippen molar-refractivity contribution < 1.29 is 14.3 Å². The number of benzene rings is 2. The Labute approximate surface area is 161 Å². The van der Waals surface area contributed by atoms with Crippen molar-refractivity contribution >= 4 is 21.8 Å². The molecular weight excluding hydrogens is 394 g/mol. The third kappa shape index (κ3) is 3.06. The summed E-state index contributed by atoms with van der Waals surface area (Å²) in [5.74, 6) is 0.835. The lowest BCUT2D eigenvalue weighted by Gasteiger charge is -2.33. The van der Waals surface area contributed by atoms with Crippen LogP contribution in [0.25, 0.3) is 0 Å². The Bertz CT molecular complexity index is 864. The maximum Gasteiger partial charge on any atom is 0.255 e. The molecular formula is C21H20BrNO3. The summed E-state index contributed by atoms with van der Waals surface area (Å²) in [6.45, 7) is 1.01. The minimum atomic E-state index is -0.159. The van der Waals surface area contributed by atoms with Crippen LogP contribution in [0.3, 0.4) is 0 Å². The molecule has 2 aromatic rings. The Morgan fingerprint density at radius 2 is 2.04 bits per heavy atom. The highest BCUT2D eigenvalue weighted by Gasteiger charge is 2.41. The molecule has 2 aliphatic rings. The van der Waals surface area contributed by atoms with Crippen molar-refractivity contribution in [3.05, 3.63) is 75.8 Å². The minimum absolute atomic E-state index is 0.0137. The standard InChI is InChI=1S/C21H20BrNO3/c1-25-16-6-4-5-14(11-16)20-13-26-10-3-2-7-19-17-9-8-15(22)12-18(17)21(24)23(19)20/h2-6,8-9,11-12,19-20H,7,10,13H2,1H3/t19?,20-/m1/s1. The van der Waals surface area contributed by atoms with Gasteiger partial charge in [-0.3, -0.25) is 4.79 Å². The molecule has 0 saturated carbocycles. The number of carbonyl (C=O) groups excluding carboxylic acids is 1. The molecule has 26 heavy (non-hydrogen) atoms. The van der Waals surface area contributed by atoms with Gasteiger partial charge >= 0.3 is 0 Å². The zero-order chi connectivity index (χ0) is 18.1. The van der Waals surface area contributed by atoms with Gasteiger partial charge in [-0.25, -0.2) is 0 Å². The number of hydrogen-bond donors (Lipinski definition) is 0. The zero-order valence-electron chi connectivity index (χ0n) is 14.5. The predicted octanol–water partition coefficient (Wildman–Crippen LogP) is 4.67. The van der Waals surface area contributed by atoms with E-state index in [1.807, 2.05) is 47.4 Å². The van der Waals surface area contributed by atoms with E-state index in [1.54, 1.807) is 7.11 Å². The second kappa shape index (κ2) is 7.25. The van der Waals surface area contributed by atoms with E-state index in [0.717, 1.165) is 33.3 Å². The monoisotopic (exact) mass is 413 g/mol. The molecule has 134 valence electrons. The highest BCUT2D eigenvalue weighted by atomic mass is 79.9. The summed E-state index contributed by atoms with van der Waals surface area (Å²) < 4.78 is 12.1. The fourth-order valence-corrected chi connectivity index (χ4v) is 4.12. The fraction of sp³-hybridized carbons (Fsp3) is 0.286. The molecule has 2 atom stereocenters. The SMILES string of the molecule is COc1cccc([C@H]2COCC=CCC3c4ccc(Br)cc4C(=O)N32)c1. The Morgan fingerprint density at radius 3 is 2.88 bits per heavy atom. The first-order valence-electron chi connectivity index (χ1n) is 8.68. The van der Waals surface area contributed by atoms with Gasteiger partial charge in [0, 0.05) is 10.0 Å². The van der Waals surface area contributed by atoms with Crippen LogP contribution in [0.5, 0.6) is 5.75 Å². The summed E-state index contributed by atoms with van der Waals surface area (Å²) in [5.41, 5.74) is 2.88. The number of fused-ring (bicyclic) bond motifs is 3. The topological polar surface area (TPSA) is 38.8 Å². The van der Waals surface area contributed by atoms with Crippen LogP contribution >= 0.6 is 15.9 Å². The molecule has 5 heteroatoms. The Kier molecular flexibility index (Phi) is 4.83. The lowest BCUT2D eigenvalue weighted by Crippen LogP contribution is -2.35. The molecule has 0 fully saturated rings. The maximum absolute atomic E-state index is 13.3. The number of hydrogen-bond acceptors (Lipinski definition) is 3. The molecule has 0 spiro atoms. The lowest BCUT2D eigenvalue weighted by atomic mass is 10.00. The number of nitrogens with zero attached hydrogens (tertiary/aromatic N) is 1. The van der Waals surface area contributed by atoms with E-state index < -0.39 is 0 Å². The Balaban J connectivity index is 1.80. The van der Waals surface area contributed by atoms with E-state index in [0.29, 0.717) is 13.2 Å². The highest BCUT2D eigenvalue weighted by Crippen LogP contribution is 2.43. The predicted molar refractivity (Wildman–Crippen MR) is 103 cm³/mol. The zero-order valence-corrected chi connectivity index (χ0v) is 16.1. The van der Waals surface area contributed by atoms with Gasteiger partial charge in [-0.2, -0.15) is 0 Å². The fourth-order valence-electron chi connectivity index (χ4n) is 3.76. The van der Waals surface area contributed by atoms with E-state index in [4.69, 9.17) is 9.47 Å². The van der Waals surface area contributed by atoms with Gasteiger partial charge in [0.2, 0.25) is 0 Å². The molecule has 4 rings (SSSR count). The first-order valence-corrected chi connectivity index (χ1v) is 9.47. The third-order valence-corrected chi connectivity index (χ3v) is 5.50. The second-order valence-corrected chi connectivity index (χ2v) is 7.41. The molecule has 2 aromatic carbocycles. The van der Waals surface area contributed by atoms with Gasteiger partial charge in [0.1, 0.15) is 5.75 Å². The van der Waals surface area contributed by atoms with Crippen LogP contribution in [-0.4, -0.2) is 31.1 Å². The average molecular weight is 414 g/mol. The van der Waals surface area contributed by atoms with Gasteiger partial charge in [-0.15, -0.1) is 0 Å². The van der Waals surface area contributed by atoms with Crippen molar-refractivity contribution in [1.82, 2.24) is 4.90 Å². The highest BCUT2D eigenvalue weighted by molar-refractivity contribution is 9.10. The Morgan fingerprint density at radius 1 is 1.15 bits per heavy atom. The van der Waals surface area contributed by atoms with Crippen LogP contribution in [0, 0.1) is 0 Å². The van der Waals surface area contributed by atoms with E-state index in [9.17, 15) is 4.79 Å². The Hall–Kier alpha value is -2.11. The summed E-state index contributed by atoms with van der Waals surface area (Å²) in [5, 5.41) is 0. The minimum Gasteiger partial charge on any atom is -0.497 e. The van der Waals surface area contributed by atoms with Crippen molar-refractivity contribution in [1.29, 1.82) is 0 Å². The largest absolute Gasteiger partial charge is 0.497 e. The number of carbonyl (C=O) groups is 1. The number of rotatable bonds is 2. The second-order valence-electron chi connectivity index (χ2n) is 6.50. The lowest BCUT2D eigenvalue weighted by molar-refractivity contribution is 0.0410. The average Bonchev–Trinajstić information content (AvgIpc) is 2.98. The number of ether oxygens (including phenoxy) is 2. The molecule has 0 saturated heterocycles. The molecule has 1 unspecified atom stereocenters. The summed E-state index contributed by atoms with van der Waals surface area (Å²) in [7, 11) is 1.65. The third-order valence-electron chi connectivity index (χ3n) is 5.01. The van der Waals surface area contributed by atoms with Crippen molar-refractivity contribution in [2.75, 3.05) is 20.3 Å². The molecule has 0 bridgehead atoms. The van der Waals surface area contributed by atoms with Crippen LogP contribution in [0.15, 0.2) is 59.1 Å². The van der Waals surface area contributed by atoms with Gasteiger partial charge in [0.05, 0.1) is 32.4 Å². The summed E-state index contributed by atoms with van der Waals surface area (Å²) in [6, 6.07) is 13.7. The van der Waals surface area contributed by atoms with E-state index in [2.05, 4.69) is 28.1 Å². The van der Waals surface area contributed by atoms with Crippen molar-refractivity contribution in [2.45, 2.75) is 18.5 Å². The quantitative estimate of drug-likeness (QED) is 0.671. The summed E-state index contributed by atoms with van der Waals surface area (Å²) >= 11 is 3.49. The first-order chi connectivity index (χ1) is 12.7. The number of methoxy groups -OCH3 is 1. The van der Waals surface area contributed by atoms with Crippen molar-refractivity contribution in [3.63, 3.8) is 0 Å². The van der Waals surface area contributed by atoms with Gasteiger partial charge < -0.3 is 14.4 Å². The number of halogens is 1. The molecule has 0 aromatic heterocycles. The van der Waals surface area contributed by atoms with E-state index in [-0.39, 0.29) is 18.0 Å². The van der Waals surface area contributed by atoms with Crippen molar-refractivity contribution in [2.24, 2.45) is 0 Å². The van der Waals surface area contributed by atoms with Crippen LogP contribution in [0.2, 0.25) is 0 Å². The number of amides is 1. The molecule has 4 nitrogen and oxygen atoms in total. The molecule has 0 N–H and O–H groups in total. The van der Waals surface area contributed by atoms with Crippen LogP contribution in [0.4, 0.5) is 0 Å². The normalized spacial score (nSPS) is 22.2. The van der Waals surface area contributed by atoms with Crippen LogP contribution < -0.4 is 4.74 Å². The van der Waals surface area contributed by atoms with Gasteiger partial charge in [-0.1, -0.05) is 46.3 Å². The van der Waals surface area contributed by atoms with Crippen LogP contribution in [-0.2, 0) is 4.74 Å². The first kappa shape index (κ1) is 17.3.